The van der Waals surface area contributed by atoms with E-state index < -0.39 is 0 Å². The van der Waals surface area contributed by atoms with Gasteiger partial charge in [-0.25, -0.2) is 4.79 Å². The fourth-order valence-electron chi connectivity index (χ4n) is 1.83. The van der Waals surface area contributed by atoms with Crippen LogP contribution >= 0.6 is 27.5 Å². The first-order chi connectivity index (χ1) is 9.52. The maximum atomic E-state index is 11.7. The lowest BCUT2D eigenvalue weighted by Crippen LogP contribution is -2.08. The molecule has 3 nitrogen and oxygen atoms in total. The quantitative estimate of drug-likeness (QED) is 0.753. The molecule has 1 aromatic carbocycles. The Hall–Kier alpha value is -1.39. The second kappa shape index (κ2) is 6.37. The summed E-state index contributed by atoms with van der Waals surface area (Å²) in [6.45, 7) is 3.90. The Morgan fingerprint density at radius 1 is 1.35 bits per heavy atom. The van der Waals surface area contributed by atoms with Crippen LogP contribution in [-0.4, -0.2) is 17.6 Å². The van der Waals surface area contributed by atoms with Crippen molar-refractivity contribution in [2.75, 3.05) is 6.61 Å². The van der Waals surface area contributed by atoms with Gasteiger partial charge in [0, 0.05) is 10.0 Å². The van der Waals surface area contributed by atoms with E-state index in [2.05, 4.69) is 20.9 Å². The molecule has 0 aliphatic rings. The van der Waals surface area contributed by atoms with Gasteiger partial charge in [0.1, 0.15) is 0 Å². The summed E-state index contributed by atoms with van der Waals surface area (Å²) in [4.78, 5) is 16.2. The molecule has 2 rings (SSSR count). The lowest BCUT2D eigenvalue weighted by Gasteiger charge is -2.08. The molecular formula is C15H13BrClNO2. The zero-order valence-electron chi connectivity index (χ0n) is 11.1. The van der Waals surface area contributed by atoms with E-state index in [1.165, 1.54) is 0 Å². The van der Waals surface area contributed by atoms with Crippen LogP contribution in [0.2, 0.25) is 5.02 Å². The number of pyridine rings is 1. The standard InChI is InChI=1S/C15H13BrClNO2/c1-3-20-15(19)11-6-7-14(18-9(11)2)12-5-4-10(16)8-13(12)17/h4-8H,3H2,1-2H3. The minimum absolute atomic E-state index is 0.346. The van der Waals surface area contributed by atoms with Crippen molar-refractivity contribution in [2.45, 2.75) is 13.8 Å². The van der Waals surface area contributed by atoms with E-state index in [-0.39, 0.29) is 5.97 Å². The monoisotopic (exact) mass is 353 g/mol. The summed E-state index contributed by atoms with van der Waals surface area (Å²) >= 11 is 9.57. The van der Waals surface area contributed by atoms with Gasteiger partial charge in [-0.2, -0.15) is 0 Å². The van der Waals surface area contributed by atoms with Crippen molar-refractivity contribution in [1.29, 1.82) is 0 Å². The number of hydrogen-bond acceptors (Lipinski definition) is 3. The molecule has 0 atom stereocenters. The van der Waals surface area contributed by atoms with E-state index >= 15 is 0 Å². The summed E-state index contributed by atoms with van der Waals surface area (Å²) in [5, 5.41) is 0.607. The van der Waals surface area contributed by atoms with Gasteiger partial charge in [-0.05, 0) is 38.1 Å². The first-order valence-electron chi connectivity index (χ1n) is 6.13. The number of aryl methyl sites for hydroxylation is 1. The zero-order chi connectivity index (χ0) is 14.7. The highest BCUT2D eigenvalue weighted by molar-refractivity contribution is 9.10. The van der Waals surface area contributed by atoms with Gasteiger partial charge in [0.2, 0.25) is 0 Å². The SMILES string of the molecule is CCOC(=O)c1ccc(-c2ccc(Br)cc2Cl)nc1C. The van der Waals surface area contributed by atoms with Gasteiger partial charge >= 0.3 is 5.97 Å². The third-order valence-electron chi connectivity index (χ3n) is 2.79. The number of rotatable bonds is 3. The number of aromatic nitrogens is 1. The van der Waals surface area contributed by atoms with Gasteiger partial charge in [-0.3, -0.25) is 4.98 Å². The molecule has 20 heavy (non-hydrogen) atoms. The zero-order valence-corrected chi connectivity index (χ0v) is 13.5. The average Bonchev–Trinajstić information content (AvgIpc) is 2.38. The van der Waals surface area contributed by atoms with E-state index in [0.29, 0.717) is 22.9 Å². The van der Waals surface area contributed by atoms with Gasteiger partial charge < -0.3 is 4.74 Å². The van der Waals surface area contributed by atoms with Gasteiger partial charge in [0.25, 0.3) is 0 Å². The van der Waals surface area contributed by atoms with E-state index in [9.17, 15) is 4.79 Å². The highest BCUT2D eigenvalue weighted by atomic mass is 79.9. The van der Waals surface area contributed by atoms with Crippen LogP contribution in [0.15, 0.2) is 34.8 Å². The predicted molar refractivity (Wildman–Crippen MR) is 83.1 cm³/mol. The number of carbonyl (C=O) groups is 1. The maximum absolute atomic E-state index is 11.7. The molecule has 0 bridgehead atoms. The van der Waals surface area contributed by atoms with Crippen molar-refractivity contribution in [3.05, 3.63) is 51.1 Å². The fraction of sp³-hybridized carbons (Fsp3) is 0.200. The molecule has 0 amide bonds. The highest BCUT2D eigenvalue weighted by Gasteiger charge is 2.13. The van der Waals surface area contributed by atoms with Gasteiger partial charge in [-0.15, -0.1) is 0 Å². The van der Waals surface area contributed by atoms with Crippen molar-refractivity contribution < 1.29 is 9.53 Å². The Morgan fingerprint density at radius 2 is 2.10 bits per heavy atom. The molecule has 0 aliphatic carbocycles. The summed E-state index contributed by atoms with van der Waals surface area (Å²) < 4.78 is 5.89. The van der Waals surface area contributed by atoms with Crippen molar-refractivity contribution in [2.24, 2.45) is 0 Å². The van der Waals surface area contributed by atoms with Crippen LogP contribution in [-0.2, 0) is 4.74 Å². The number of hydrogen-bond donors (Lipinski definition) is 0. The second-order valence-corrected chi connectivity index (χ2v) is 5.50. The number of benzene rings is 1. The molecule has 0 spiro atoms. The Morgan fingerprint density at radius 3 is 2.70 bits per heavy atom. The molecule has 1 heterocycles. The predicted octanol–water partition coefficient (Wildman–Crippen LogP) is 4.65. The lowest BCUT2D eigenvalue weighted by atomic mass is 10.1. The van der Waals surface area contributed by atoms with E-state index in [0.717, 1.165) is 15.7 Å². The molecule has 0 saturated heterocycles. The maximum Gasteiger partial charge on any atom is 0.339 e. The highest BCUT2D eigenvalue weighted by Crippen LogP contribution is 2.29. The first kappa shape index (κ1) is 15.0. The number of carbonyl (C=O) groups excluding carboxylic acids is 1. The largest absolute Gasteiger partial charge is 0.462 e. The normalized spacial score (nSPS) is 10.4. The van der Waals surface area contributed by atoms with Gasteiger partial charge in [-0.1, -0.05) is 33.6 Å². The van der Waals surface area contributed by atoms with E-state index in [1.807, 2.05) is 18.2 Å². The molecule has 0 fully saturated rings. The van der Waals surface area contributed by atoms with E-state index in [1.54, 1.807) is 26.0 Å². The molecule has 2 aromatic rings. The summed E-state index contributed by atoms with van der Waals surface area (Å²) in [6.07, 6.45) is 0. The Labute approximate surface area is 131 Å². The third-order valence-corrected chi connectivity index (χ3v) is 3.59. The molecule has 0 radical (unpaired) electrons. The molecule has 0 saturated carbocycles. The minimum Gasteiger partial charge on any atom is -0.462 e. The van der Waals surface area contributed by atoms with Crippen LogP contribution in [0.3, 0.4) is 0 Å². The Balaban J connectivity index is 2.40. The smallest absolute Gasteiger partial charge is 0.339 e. The minimum atomic E-state index is -0.356. The molecular weight excluding hydrogens is 342 g/mol. The molecule has 0 N–H and O–H groups in total. The Bertz CT molecular complexity index is 658. The summed E-state index contributed by atoms with van der Waals surface area (Å²) in [6, 6.07) is 9.09. The summed E-state index contributed by atoms with van der Waals surface area (Å²) in [7, 11) is 0. The van der Waals surface area contributed by atoms with Crippen LogP contribution in [0.1, 0.15) is 23.0 Å². The van der Waals surface area contributed by atoms with E-state index in [4.69, 9.17) is 16.3 Å². The van der Waals surface area contributed by atoms with Crippen molar-refractivity contribution in [3.8, 4) is 11.3 Å². The molecule has 0 unspecified atom stereocenters. The van der Waals surface area contributed by atoms with Crippen LogP contribution in [0, 0.1) is 6.92 Å². The lowest BCUT2D eigenvalue weighted by molar-refractivity contribution is 0.0525. The van der Waals surface area contributed by atoms with Crippen molar-refractivity contribution >= 4 is 33.5 Å². The number of halogens is 2. The van der Waals surface area contributed by atoms with Crippen LogP contribution in [0.5, 0.6) is 0 Å². The summed E-state index contributed by atoms with van der Waals surface area (Å²) in [5.41, 5.74) is 2.66. The number of esters is 1. The van der Waals surface area contributed by atoms with Crippen molar-refractivity contribution in [1.82, 2.24) is 4.98 Å². The number of nitrogens with zero attached hydrogens (tertiary/aromatic N) is 1. The van der Waals surface area contributed by atoms with Crippen molar-refractivity contribution in [3.63, 3.8) is 0 Å². The molecule has 1 aromatic heterocycles. The topological polar surface area (TPSA) is 39.2 Å². The fourth-order valence-corrected chi connectivity index (χ4v) is 2.60. The van der Waals surface area contributed by atoms with Crippen LogP contribution in [0.25, 0.3) is 11.3 Å². The van der Waals surface area contributed by atoms with Crippen LogP contribution in [0.4, 0.5) is 0 Å². The molecule has 104 valence electrons. The van der Waals surface area contributed by atoms with Gasteiger partial charge in [0.05, 0.1) is 28.6 Å². The summed E-state index contributed by atoms with van der Waals surface area (Å²) in [5.74, 6) is -0.356. The Kier molecular flexibility index (Phi) is 4.78. The number of ether oxygens (including phenoxy) is 1. The molecule has 5 heteroatoms. The third kappa shape index (κ3) is 3.19. The van der Waals surface area contributed by atoms with Gasteiger partial charge in [0.15, 0.2) is 0 Å². The average molecular weight is 355 g/mol. The molecule has 0 aliphatic heterocycles. The van der Waals surface area contributed by atoms with Crippen LogP contribution < -0.4 is 0 Å². The second-order valence-electron chi connectivity index (χ2n) is 4.17. The first-order valence-corrected chi connectivity index (χ1v) is 7.30.